The lowest BCUT2D eigenvalue weighted by Crippen LogP contribution is -1.99. The molecule has 0 bridgehead atoms. The second-order valence-corrected chi connectivity index (χ2v) is 4.15. The van der Waals surface area contributed by atoms with Gasteiger partial charge in [0, 0.05) is 5.56 Å². The van der Waals surface area contributed by atoms with E-state index in [1.54, 1.807) is 0 Å². The van der Waals surface area contributed by atoms with Gasteiger partial charge in [-0.1, -0.05) is 18.2 Å². The molecule has 15 heavy (non-hydrogen) atoms. The number of aryl methyl sites for hydroxylation is 1. The van der Waals surface area contributed by atoms with Crippen molar-refractivity contribution in [3.05, 3.63) is 44.5 Å². The lowest BCUT2D eigenvalue weighted by molar-refractivity contribution is -0.385. The van der Waals surface area contributed by atoms with Crippen molar-refractivity contribution in [2.45, 2.75) is 25.7 Å². The number of benzene rings is 1. The Morgan fingerprint density at radius 1 is 1.27 bits per heavy atom. The van der Waals surface area contributed by atoms with Crippen molar-refractivity contribution in [1.29, 1.82) is 0 Å². The molecule has 0 radical (unpaired) electrons. The first-order valence-corrected chi connectivity index (χ1v) is 5.26. The molecule has 0 saturated heterocycles. The normalized spacial score (nSPS) is 16.5. The third-order valence-corrected chi connectivity index (χ3v) is 3.30. The van der Waals surface area contributed by atoms with Gasteiger partial charge < -0.3 is 0 Å². The minimum atomic E-state index is -0.210. The van der Waals surface area contributed by atoms with E-state index in [1.165, 1.54) is 5.56 Å². The largest absolute Gasteiger partial charge is 0.280 e. The first-order chi connectivity index (χ1) is 7.27. The van der Waals surface area contributed by atoms with Crippen LogP contribution in [0.2, 0.25) is 0 Å². The van der Waals surface area contributed by atoms with Gasteiger partial charge in [-0.2, -0.15) is 0 Å². The van der Waals surface area contributed by atoms with E-state index >= 15 is 0 Å². The number of fused-ring (bicyclic) bond motifs is 2. The highest BCUT2D eigenvalue weighted by Gasteiger charge is 2.28. The lowest BCUT2D eigenvalue weighted by atomic mass is 9.99. The summed E-state index contributed by atoms with van der Waals surface area (Å²) < 4.78 is 0. The van der Waals surface area contributed by atoms with E-state index in [0.29, 0.717) is 5.69 Å². The van der Waals surface area contributed by atoms with Crippen LogP contribution in [0, 0.1) is 10.1 Å². The van der Waals surface area contributed by atoms with E-state index in [1.807, 2.05) is 12.2 Å². The van der Waals surface area contributed by atoms with Crippen LogP contribution in [0.3, 0.4) is 0 Å². The molecule has 3 rings (SSSR count). The molecule has 76 valence electrons. The summed E-state index contributed by atoms with van der Waals surface area (Å²) in [6.07, 6.45) is 7.68. The SMILES string of the molecule is O=[N+]([O-])c1c2c(cc3c1CCC3)CC=C2. The summed E-state index contributed by atoms with van der Waals surface area (Å²) in [5.41, 5.74) is 4.52. The Kier molecular flexibility index (Phi) is 1.69. The summed E-state index contributed by atoms with van der Waals surface area (Å²) in [5, 5.41) is 11.1. The summed E-state index contributed by atoms with van der Waals surface area (Å²) in [4.78, 5) is 10.9. The number of rotatable bonds is 1. The highest BCUT2D eigenvalue weighted by atomic mass is 16.6. The standard InChI is InChI=1S/C12H11NO2/c14-13(15)12-10-5-1-3-8(10)7-9-4-2-6-11(9)12/h1,5,7H,2-4,6H2. The van der Waals surface area contributed by atoms with Crippen LogP contribution in [0.1, 0.15) is 28.7 Å². The average molecular weight is 201 g/mol. The first kappa shape index (κ1) is 8.65. The number of hydrogen-bond donors (Lipinski definition) is 0. The average Bonchev–Trinajstić information content (AvgIpc) is 2.79. The van der Waals surface area contributed by atoms with Crippen molar-refractivity contribution in [3.8, 4) is 0 Å². The van der Waals surface area contributed by atoms with Crippen molar-refractivity contribution >= 4 is 11.8 Å². The summed E-state index contributed by atoms with van der Waals surface area (Å²) >= 11 is 0. The molecule has 0 spiro atoms. The van der Waals surface area contributed by atoms with Crippen LogP contribution >= 0.6 is 0 Å². The van der Waals surface area contributed by atoms with Gasteiger partial charge in [0.25, 0.3) is 5.69 Å². The third kappa shape index (κ3) is 1.12. The van der Waals surface area contributed by atoms with E-state index in [-0.39, 0.29) is 4.92 Å². The first-order valence-electron chi connectivity index (χ1n) is 5.26. The van der Waals surface area contributed by atoms with Gasteiger partial charge >= 0.3 is 0 Å². The lowest BCUT2D eigenvalue weighted by Gasteiger charge is -2.06. The van der Waals surface area contributed by atoms with Gasteiger partial charge in [-0.3, -0.25) is 10.1 Å². The zero-order valence-corrected chi connectivity index (χ0v) is 8.32. The molecule has 1 aromatic carbocycles. The Morgan fingerprint density at radius 2 is 2.13 bits per heavy atom. The number of nitro groups is 1. The summed E-state index contributed by atoms with van der Waals surface area (Å²) in [6.45, 7) is 0. The Hall–Kier alpha value is -1.64. The molecule has 0 atom stereocenters. The van der Waals surface area contributed by atoms with Crippen molar-refractivity contribution in [1.82, 2.24) is 0 Å². The van der Waals surface area contributed by atoms with Crippen LogP contribution < -0.4 is 0 Å². The monoisotopic (exact) mass is 201 g/mol. The minimum Gasteiger partial charge on any atom is -0.258 e. The molecule has 3 heteroatoms. The highest BCUT2D eigenvalue weighted by Crippen LogP contribution is 2.38. The molecule has 2 aliphatic rings. The molecular weight excluding hydrogens is 190 g/mol. The topological polar surface area (TPSA) is 43.1 Å². The van der Waals surface area contributed by atoms with E-state index < -0.39 is 0 Å². The Balaban J connectivity index is 2.33. The molecule has 2 aliphatic carbocycles. The van der Waals surface area contributed by atoms with Gasteiger partial charge in [-0.05, 0) is 36.8 Å². The van der Waals surface area contributed by atoms with Crippen molar-refractivity contribution in [2.24, 2.45) is 0 Å². The second-order valence-electron chi connectivity index (χ2n) is 4.15. The fourth-order valence-electron chi connectivity index (χ4n) is 2.67. The van der Waals surface area contributed by atoms with E-state index in [0.717, 1.165) is 42.4 Å². The number of nitrogens with zero attached hydrogens (tertiary/aromatic N) is 1. The number of hydrogen-bond acceptors (Lipinski definition) is 2. The second kappa shape index (κ2) is 2.92. The highest BCUT2D eigenvalue weighted by molar-refractivity contribution is 5.73. The zero-order valence-electron chi connectivity index (χ0n) is 8.32. The maximum absolute atomic E-state index is 11.1. The van der Waals surface area contributed by atoms with E-state index in [2.05, 4.69) is 6.07 Å². The van der Waals surface area contributed by atoms with Crippen LogP contribution in [0.25, 0.3) is 6.08 Å². The van der Waals surface area contributed by atoms with Crippen LogP contribution in [0.15, 0.2) is 12.1 Å². The van der Waals surface area contributed by atoms with Crippen LogP contribution in [-0.4, -0.2) is 4.92 Å². The molecule has 0 unspecified atom stereocenters. The molecule has 1 aromatic rings. The van der Waals surface area contributed by atoms with Crippen molar-refractivity contribution < 1.29 is 4.92 Å². The number of allylic oxidation sites excluding steroid dienone is 1. The Labute approximate surface area is 87.6 Å². The number of nitro benzene ring substituents is 1. The molecule has 0 N–H and O–H groups in total. The van der Waals surface area contributed by atoms with Gasteiger partial charge in [0.2, 0.25) is 0 Å². The van der Waals surface area contributed by atoms with Crippen LogP contribution in [0.5, 0.6) is 0 Å². The third-order valence-electron chi connectivity index (χ3n) is 3.30. The minimum absolute atomic E-state index is 0.210. The fourth-order valence-corrected chi connectivity index (χ4v) is 2.67. The summed E-state index contributed by atoms with van der Waals surface area (Å²) in [5.74, 6) is 0. The fraction of sp³-hybridized carbons (Fsp3) is 0.333. The summed E-state index contributed by atoms with van der Waals surface area (Å²) in [7, 11) is 0. The predicted molar refractivity (Wildman–Crippen MR) is 57.9 cm³/mol. The molecule has 0 saturated carbocycles. The predicted octanol–water partition coefficient (Wildman–Crippen LogP) is 2.65. The molecule has 0 aliphatic heterocycles. The summed E-state index contributed by atoms with van der Waals surface area (Å²) in [6, 6.07) is 2.16. The van der Waals surface area contributed by atoms with E-state index in [9.17, 15) is 10.1 Å². The van der Waals surface area contributed by atoms with Gasteiger partial charge in [-0.25, -0.2) is 0 Å². The van der Waals surface area contributed by atoms with Crippen LogP contribution in [0.4, 0.5) is 5.69 Å². The molecule has 0 fully saturated rings. The van der Waals surface area contributed by atoms with Crippen molar-refractivity contribution in [2.75, 3.05) is 0 Å². The Bertz CT molecular complexity index is 488. The van der Waals surface area contributed by atoms with Gasteiger partial charge in [0.15, 0.2) is 0 Å². The smallest absolute Gasteiger partial charge is 0.258 e. The van der Waals surface area contributed by atoms with Crippen LogP contribution in [-0.2, 0) is 19.3 Å². The molecule has 0 aromatic heterocycles. The Morgan fingerprint density at radius 3 is 2.93 bits per heavy atom. The van der Waals surface area contributed by atoms with Gasteiger partial charge in [0.1, 0.15) is 0 Å². The quantitative estimate of drug-likeness (QED) is 0.517. The van der Waals surface area contributed by atoms with Gasteiger partial charge in [0.05, 0.1) is 10.5 Å². The molecule has 3 nitrogen and oxygen atoms in total. The zero-order chi connectivity index (χ0) is 10.4. The van der Waals surface area contributed by atoms with E-state index in [4.69, 9.17) is 0 Å². The molecular formula is C12H11NO2. The maximum atomic E-state index is 11.1. The molecule has 0 heterocycles. The maximum Gasteiger partial charge on any atom is 0.280 e. The van der Waals surface area contributed by atoms with Gasteiger partial charge in [-0.15, -0.1) is 0 Å². The van der Waals surface area contributed by atoms with Crippen molar-refractivity contribution in [3.63, 3.8) is 0 Å². The molecule has 0 amide bonds.